The Bertz CT molecular complexity index is 759. The van der Waals surface area contributed by atoms with E-state index in [0.717, 1.165) is 11.3 Å². The van der Waals surface area contributed by atoms with Gasteiger partial charge in [0.2, 0.25) is 0 Å². The standard InChI is InChI=1S/C17H16N4OS/c1-11-14(16(22)20-13-9-5-6-10-18-13)15(21-17(23)19-11)12-7-3-2-4-8-12/h2-10,15H,1H3,(H,18,20,22)(H2,19,21,23). The Labute approximate surface area is 139 Å². The number of carbonyl (C=O) groups is 1. The summed E-state index contributed by atoms with van der Waals surface area (Å²) in [5.41, 5.74) is 2.30. The highest BCUT2D eigenvalue weighted by atomic mass is 32.1. The fourth-order valence-electron chi connectivity index (χ4n) is 2.51. The van der Waals surface area contributed by atoms with Gasteiger partial charge in [-0.3, -0.25) is 4.79 Å². The summed E-state index contributed by atoms with van der Waals surface area (Å²) in [4.78, 5) is 16.9. The highest BCUT2D eigenvalue weighted by Gasteiger charge is 2.29. The van der Waals surface area contributed by atoms with E-state index in [1.54, 1.807) is 18.3 Å². The Morgan fingerprint density at radius 2 is 1.91 bits per heavy atom. The second-order valence-electron chi connectivity index (χ2n) is 5.15. The molecule has 1 aliphatic rings. The van der Waals surface area contributed by atoms with E-state index < -0.39 is 0 Å². The summed E-state index contributed by atoms with van der Waals surface area (Å²) in [7, 11) is 0. The summed E-state index contributed by atoms with van der Waals surface area (Å²) >= 11 is 5.23. The molecule has 1 aliphatic heterocycles. The van der Waals surface area contributed by atoms with E-state index in [0.29, 0.717) is 16.5 Å². The van der Waals surface area contributed by atoms with Gasteiger partial charge in [-0.25, -0.2) is 4.98 Å². The molecule has 3 rings (SSSR count). The van der Waals surface area contributed by atoms with Crippen molar-refractivity contribution in [2.75, 3.05) is 5.32 Å². The highest BCUT2D eigenvalue weighted by molar-refractivity contribution is 7.80. The number of pyridine rings is 1. The summed E-state index contributed by atoms with van der Waals surface area (Å²) in [5.74, 6) is 0.301. The summed E-state index contributed by atoms with van der Waals surface area (Å²) < 4.78 is 0. The van der Waals surface area contributed by atoms with E-state index in [1.165, 1.54) is 0 Å². The number of hydrogen-bond acceptors (Lipinski definition) is 3. The Kier molecular flexibility index (Phi) is 4.34. The first-order valence-electron chi connectivity index (χ1n) is 7.21. The third-order valence-electron chi connectivity index (χ3n) is 3.55. The van der Waals surface area contributed by atoms with E-state index in [-0.39, 0.29) is 11.9 Å². The van der Waals surface area contributed by atoms with Crippen LogP contribution in [0, 0.1) is 0 Å². The molecule has 1 aromatic heterocycles. The number of thiocarbonyl (C=S) groups is 1. The fraction of sp³-hybridized carbons (Fsp3) is 0.118. The summed E-state index contributed by atoms with van der Waals surface area (Å²) in [6, 6.07) is 14.8. The number of allylic oxidation sites excluding steroid dienone is 1. The van der Waals surface area contributed by atoms with Crippen molar-refractivity contribution in [1.82, 2.24) is 15.6 Å². The molecule has 3 N–H and O–H groups in total. The van der Waals surface area contributed by atoms with Crippen LogP contribution in [0.5, 0.6) is 0 Å². The first kappa shape index (κ1) is 15.2. The van der Waals surface area contributed by atoms with Gasteiger partial charge in [-0.1, -0.05) is 36.4 Å². The van der Waals surface area contributed by atoms with Gasteiger partial charge in [-0.15, -0.1) is 0 Å². The first-order valence-corrected chi connectivity index (χ1v) is 7.61. The molecule has 0 saturated carbocycles. The van der Waals surface area contributed by atoms with Gasteiger partial charge in [0.1, 0.15) is 5.82 Å². The Morgan fingerprint density at radius 3 is 2.61 bits per heavy atom. The average Bonchev–Trinajstić information content (AvgIpc) is 2.55. The van der Waals surface area contributed by atoms with Crippen molar-refractivity contribution >= 4 is 29.1 Å². The Balaban J connectivity index is 1.94. The molecule has 116 valence electrons. The SMILES string of the molecule is CC1=C(C(=O)Nc2ccccn2)C(c2ccccc2)NC(=S)N1. The third-order valence-corrected chi connectivity index (χ3v) is 3.77. The van der Waals surface area contributed by atoms with Crippen molar-refractivity contribution in [1.29, 1.82) is 0 Å². The smallest absolute Gasteiger partial charge is 0.256 e. The number of rotatable bonds is 3. The molecule has 1 atom stereocenters. The molecule has 2 aromatic rings. The zero-order chi connectivity index (χ0) is 16.2. The van der Waals surface area contributed by atoms with Crippen LogP contribution in [0.2, 0.25) is 0 Å². The van der Waals surface area contributed by atoms with Gasteiger partial charge in [0, 0.05) is 11.9 Å². The maximum absolute atomic E-state index is 12.7. The molecule has 1 aromatic carbocycles. The van der Waals surface area contributed by atoms with Crippen LogP contribution >= 0.6 is 12.2 Å². The van der Waals surface area contributed by atoms with E-state index in [9.17, 15) is 4.79 Å². The van der Waals surface area contributed by atoms with Crippen molar-refractivity contribution in [2.24, 2.45) is 0 Å². The molecule has 1 amide bonds. The molecule has 6 heteroatoms. The van der Waals surface area contributed by atoms with Crippen molar-refractivity contribution < 1.29 is 4.79 Å². The minimum absolute atomic E-state index is 0.211. The number of benzene rings is 1. The summed E-state index contributed by atoms with van der Waals surface area (Å²) in [5, 5.41) is 9.51. The molecule has 0 bridgehead atoms. The van der Waals surface area contributed by atoms with Gasteiger partial charge >= 0.3 is 0 Å². The van der Waals surface area contributed by atoms with Crippen LogP contribution in [0.1, 0.15) is 18.5 Å². The van der Waals surface area contributed by atoms with Crippen LogP contribution in [0.25, 0.3) is 0 Å². The highest BCUT2D eigenvalue weighted by Crippen LogP contribution is 2.27. The van der Waals surface area contributed by atoms with E-state index >= 15 is 0 Å². The average molecular weight is 324 g/mol. The van der Waals surface area contributed by atoms with Crippen molar-refractivity contribution in [3.05, 3.63) is 71.6 Å². The van der Waals surface area contributed by atoms with Gasteiger partial charge in [0.05, 0.1) is 11.6 Å². The molecule has 2 heterocycles. The number of aromatic nitrogens is 1. The molecular formula is C17H16N4OS. The number of nitrogens with zero attached hydrogens (tertiary/aromatic N) is 1. The Morgan fingerprint density at radius 1 is 1.17 bits per heavy atom. The summed E-state index contributed by atoms with van der Waals surface area (Å²) in [6.45, 7) is 1.84. The lowest BCUT2D eigenvalue weighted by Crippen LogP contribution is -2.45. The molecule has 1 unspecified atom stereocenters. The van der Waals surface area contributed by atoms with Crippen LogP contribution in [-0.4, -0.2) is 16.0 Å². The quantitative estimate of drug-likeness (QED) is 0.757. The van der Waals surface area contributed by atoms with E-state index in [4.69, 9.17) is 12.2 Å². The predicted octanol–water partition coefficient (Wildman–Crippen LogP) is 2.51. The number of amides is 1. The van der Waals surface area contributed by atoms with Crippen LogP contribution in [0.4, 0.5) is 5.82 Å². The van der Waals surface area contributed by atoms with Gasteiger partial charge in [-0.05, 0) is 36.8 Å². The van der Waals surface area contributed by atoms with Crippen LogP contribution in [0.15, 0.2) is 66.0 Å². The molecule has 0 saturated heterocycles. The van der Waals surface area contributed by atoms with Gasteiger partial charge in [0.25, 0.3) is 5.91 Å². The molecule has 0 fully saturated rings. The first-order chi connectivity index (χ1) is 11.1. The Hall–Kier alpha value is -2.73. The second-order valence-corrected chi connectivity index (χ2v) is 5.56. The molecule has 0 radical (unpaired) electrons. The molecule has 0 spiro atoms. The van der Waals surface area contributed by atoms with E-state index in [1.807, 2.05) is 43.3 Å². The lowest BCUT2D eigenvalue weighted by molar-refractivity contribution is -0.113. The number of anilines is 1. The van der Waals surface area contributed by atoms with Gasteiger partial charge < -0.3 is 16.0 Å². The monoisotopic (exact) mass is 324 g/mol. The normalized spacial score (nSPS) is 17.3. The fourth-order valence-corrected chi connectivity index (χ4v) is 2.78. The van der Waals surface area contributed by atoms with Crippen molar-refractivity contribution in [2.45, 2.75) is 13.0 Å². The molecule has 23 heavy (non-hydrogen) atoms. The van der Waals surface area contributed by atoms with Crippen LogP contribution in [0.3, 0.4) is 0 Å². The third kappa shape index (κ3) is 3.37. The van der Waals surface area contributed by atoms with Crippen molar-refractivity contribution in [3.63, 3.8) is 0 Å². The minimum atomic E-state index is -0.298. The zero-order valence-electron chi connectivity index (χ0n) is 12.5. The largest absolute Gasteiger partial charge is 0.351 e. The maximum atomic E-state index is 12.7. The number of carbonyl (C=O) groups excluding carboxylic acids is 1. The van der Waals surface area contributed by atoms with Gasteiger partial charge in [0.15, 0.2) is 5.11 Å². The zero-order valence-corrected chi connectivity index (χ0v) is 13.4. The molecule has 5 nitrogen and oxygen atoms in total. The van der Waals surface area contributed by atoms with Gasteiger partial charge in [-0.2, -0.15) is 0 Å². The van der Waals surface area contributed by atoms with E-state index in [2.05, 4.69) is 20.9 Å². The predicted molar refractivity (Wildman–Crippen MR) is 93.6 cm³/mol. The number of hydrogen-bond donors (Lipinski definition) is 3. The van der Waals surface area contributed by atoms with Crippen molar-refractivity contribution in [3.8, 4) is 0 Å². The lowest BCUT2D eigenvalue weighted by Gasteiger charge is -2.30. The maximum Gasteiger partial charge on any atom is 0.256 e. The lowest BCUT2D eigenvalue weighted by atomic mass is 9.95. The van der Waals surface area contributed by atoms with Crippen LogP contribution < -0.4 is 16.0 Å². The topological polar surface area (TPSA) is 66.0 Å². The summed E-state index contributed by atoms with van der Waals surface area (Å²) in [6.07, 6.45) is 1.64. The number of nitrogens with one attached hydrogen (secondary N) is 3. The second kappa shape index (κ2) is 6.58. The molecular weight excluding hydrogens is 308 g/mol. The van der Waals surface area contributed by atoms with Crippen LogP contribution in [-0.2, 0) is 4.79 Å². The minimum Gasteiger partial charge on any atom is -0.351 e. The molecule has 0 aliphatic carbocycles.